The fourth-order valence-corrected chi connectivity index (χ4v) is 3.39. The summed E-state index contributed by atoms with van der Waals surface area (Å²) < 4.78 is 20.5. The highest BCUT2D eigenvalue weighted by molar-refractivity contribution is 6.30. The van der Waals surface area contributed by atoms with Gasteiger partial charge in [-0.05, 0) is 18.2 Å². The van der Waals surface area contributed by atoms with Crippen LogP contribution in [0.5, 0.6) is 0 Å². The van der Waals surface area contributed by atoms with Crippen LogP contribution in [0.25, 0.3) is 11.3 Å². The third-order valence-electron chi connectivity index (χ3n) is 4.54. The van der Waals surface area contributed by atoms with Crippen molar-refractivity contribution in [1.82, 2.24) is 4.98 Å². The minimum atomic E-state index is -1.98. The smallest absolute Gasteiger partial charge is 0.378 e. The second-order valence-corrected chi connectivity index (χ2v) is 6.62. The third kappa shape index (κ3) is 2.70. The van der Waals surface area contributed by atoms with Gasteiger partial charge in [0, 0.05) is 27.9 Å². The van der Waals surface area contributed by atoms with Gasteiger partial charge in [0.25, 0.3) is 0 Å². The van der Waals surface area contributed by atoms with Crippen molar-refractivity contribution >= 4 is 17.6 Å². The molecule has 0 radical (unpaired) electrons. The molecule has 0 spiro atoms. The van der Waals surface area contributed by atoms with Crippen LogP contribution in [0.4, 0.5) is 4.39 Å². The summed E-state index contributed by atoms with van der Waals surface area (Å²) in [7, 11) is 0. The average molecular weight is 398 g/mol. The number of aliphatic hydroxyl groups excluding tert-OH is 2. The van der Waals surface area contributed by atoms with Crippen LogP contribution in [0, 0.1) is 5.82 Å². The SMILES string of the molecule is O=C1OC(c2ccccc2)(c2ccc(-c3cc(Cl)ccn3)cc2F)C(O)=C1O. The first kappa shape index (κ1) is 18.0. The number of carbonyl (C=O) groups is 1. The number of ether oxygens (including phenoxy) is 1. The standard InChI is InChI=1S/C21H13ClFNO4/c22-14-8-9-24-17(11-14)12-6-7-15(16(23)10-12)21(13-4-2-1-3-5-13)19(26)18(25)20(27)28-21/h1-11,25-26H. The Labute approximate surface area is 164 Å². The minimum Gasteiger partial charge on any atom is -0.504 e. The van der Waals surface area contributed by atoms with E-state index in [1.165, 1.54) is 18.3 Å². The maximum absolute atomic E-state index is 15.2. The molecule has 1 atom stereocenters. The van der Waals surface area contributed by atoms with Crippen LogP contribution in [0.1, 0.15) is 11.1 Å². The molecular weight excluding hydrogens is 385 g/mol. The Balaban J connectivity index is 1.91. The first-order valence-electron chi connectivity index (χ1n) is 8.27. The Morgan fingerprint density at radius 2 is 1.79 bits per heavy atom. The Kier molecular flexibility index (Phi) is 4.28. The number of hydrogen-bond donors (Lipinski definition) is 2. The molecule has 0 bridgehead atoms. The van der Waals surface area contributed by atoms with Crippen molar-refractivity contribution in [2.24, 2.45) is 0 Å². The van der Waals surface area contributed by atoms with Crippen LogP contribution >= 0.6 is 11.6 Å². The van der Waals surface area contributed by atoms with Gasteiger partial charge in [0.2, 0.25) is 11.4 Å². The van der Waals surface area contributed by atoms with Gasteiger partial charge in [-0.15, -0.1) is 0 Å². The minimum absolute atomic E-state index is 0.126. The molecule has 28 heavy (non-hydrogen) atoms. The van der Waals surface area contributed by atoms with Gasteiger partial charge < -0.3 is 14.9 Å². The van der Waals surface area contributed by atoms with Crippen molar-refractivity contribution in [3.05, 3.63) is 100 Å². The summed E-state index contributed by atoms with van der Waals surface area (Å²) in [5.41, 5.74) is -0.911. The molecule has 4 rings (SSSR count). The molecule has 1 aromatic heterocycles. The maximum Gasteiger partial charge on any atom is 0.378 e. The zero-order chi connectivity index (χ0) is 19.9. The van der Waals surface area contributed by atoms with Gasteiger partial charge in [-0.25, -0.2) is 9.18 Å². The summed E-state index contributed by atoms with van der Waals surface area (Å²) in [5.74, 6) is -3.61. The van der Waals surface area contributed by atoms with E-state index in [0.29, 0.717) is 16.3 Å². The molecule has 0 aliphatic carbocycles. The monoisotopic (exact) mass is 397 g/mol. The summed E-state index contributed by atoms with van der Waals surface area (Å²) in [6.45, 7) is 0. The highest BCUT2D eigenvalue weighted by Crippen LogP contribution is 2.46. The summed E-state index contributed by atoms with van der Waals surface area (Å²) >= 11 is 5.96. The van der Waals surface area contributed by atoms with Gasteiger partial charge >= 0.3 is 5.97 Å². The highest BCUT2D eigenvalue weighted by atomic mass is 35.5. The normalized spacial score (nSPS) is 19.0. The molecule has 2 aromatic carbocycles. The zero-order valence-corrected chi connectivity index (χ0v) is 15.0. The van der Waals surface area contributed by atoms with Crippen molar-refractivity contribution < 1.29 is 24.1 Å². The summed E-state index contributed by atoms with van der Waals surface area (Å²) in [6.07, 6.45) is 1.50. The molecule has 2 N–H and O–H groups in total. The second-order valence-electron chi connectivity index (χ2n) is 6.19. The van der Waals surface area contributed by atoms with Crippen LogP contribution in [0.3, 0.4) is 0 Å². The molecule has 3 aromatic rings. The molecule has 0 fully saturated rings. The Morgan fingerprint density at radius 3 is 2.39 bits per heavy atom. The van der Waals surface area contributed by atoms with Crippen LogP contribution in [0.2, 0.25) is 5.02 Å². The molecule has 5 nitrogen and oxygen atoms in total. The fraction of sp³-hybridized carbons (Fsp3) is 0.0476. The number of halogens is 2. The number of aliphatic hydroxyl groups is 2. The fourth-order valence-electron chi connectivity index (χ4n) is 3.23. The van der Waals surface area contributed by atoms with E-state index >= 15 is 4.39 Å². The summed E-state index contributed by atoms with van der Waals surface area (Å²) in [4.78, 5) is 16.1. The van der Waals surface area contributed by atoms with Crippen LogP contribution in [-0.4, -0.2) is 21.2 Å². The number of benzene rings is 2. The van der Waals surface area contributed by atoms with E-state index < -0.39 is 28.9 Å². The summed E-state index contributed by atoms with van der Waals surface area (Å²) in [5, 5.41) is 20.9. The van der Waals surface area contributed by atoms with E-state index in [1.54, 1.807) is 48.5 Å². The first-order chi connectivity index (χ1) is 13.4. The lowest BCUT2D eigenvalue weighted by molar-refractivity contribution is -0.148. The molecule has 0 saturated carbocycles. The molecule has 0 amide bonds. The van der Waals surface area contributed by atoms with Crippen molar-refractivity contribution in [2.45, 2.75) is 5.60 Å². The molecule has 140 valence electrons. The Hall–Kier alpha value is -3.38. The Morgan fingerprint density at radius 1 is 1.04 bits per heavy atom. The molecule has 1 aliphatic rings. The lowest BCUT2D eigenvalue weighted by Crippen LogP contribution is -2.32. The predicted molar refractivity (Wildman–Crippen MR) is 100 cm³/mol. The van der Waals surface area contributed by atoms with Gasteiger partial charge in [0.05, 0.1) is 5.69 Å². The number of cyclic esters (lactones) is 1. The number of esters is 1. The van der Waals surface area contributed by atoms with Crippen molar-refractivity contribution in [2.75, 3.05) is 0 Å². The molecule has 7 heteroatoms. The van der Waals surface area contributed by atoms with Gasteiger partial charge in [-0.1, -0.05) is 54.1 Å². The largest absolute Gasteiger partial charge is 0.504 e. The van der Waals surface area contributed by atoms with Crippen molar-refractivity contribution in [1.29, 1.82) is 0 Å². The van der Waals surface area contributed by atoms with Crippen molar-refractivity contribution in [3.63, 3.8) is 0 Å². The molecule has 2 heterocycles. The highest BCUT2D eigenvalue weighted by Gasteiger charge is 2.53. The van der Waals surface area contributed by atoms with Gasteiger partial charge in [-0.2, -0.15) is 0 Å². The molecular formula is C21H13ClFNO4. The predicted octanol–water partition coefficient (Wildman–Crippen LogP) is 4.67. The van der Waals surface area contributed by atoms with E-state index in [2.05, 4.69) is 4.98 Å². The first-order valence-corrected chi connectivity index (χ1v) is 8.65. The molecule has 1 aliphatic heterocycles. The number of rotatable bonds is 3. The van der Waals surface area contributed by atoms with Crippen molar-refractivity contribution in [3.8, 4) is 11.3 Å². The number of carbonyl (C=O) groups excluding carboxylic acids is 1. The second kappa shape index (κ2) is 6.65. The van der Waals surface area contributed by atoms with Crippen LogP contribution in [-0.2, 0) is 15.1 Å². The lowest BCUT2D eigenvalue weighted by Gasteiger charge is -2.29. The quantitative estimate of drug-likeness (QED) is 0.628. The van der Waals surface area contributed by atoms with Gasteiger partial charge in [-0.3, -0.25) is 4.98 Å². The van der Waals surface area contributed by atoms with Crippen LogP contribution < -0.4 is 0 Å². The van der Waals surface area contributed by atoms with E-state index in [0.717, 1.165) is 0 Å². The number of nitrogens with zero attached hydrogens (tertiary/aromatic N) is 1. The zero-order valence-electron chi connectivity index (χ0n) is 14.3. The number of aromatic nitrogens is 1. The maximum atomic E-state index is 15.2. The van der Waals surface area contributed by atoms with Gasteiger partial charge in [0.1, 0.15) is 5.82 Å². The average Bonchev–Trinajstić information content (AvgIpc) is 2.93. The lowest BCUT2D eigenvalue weighted by atomic mass is 9.84. The molecule has 0 saturated heterocycles. The third-order valence-corrected chi connectivity index (χ3v) is 4.78. The number of hydrogen-bond acceptors (Lipinski definition) is 5. The van der Waals surface area contributed by atoms with E-state index in [4.69, 9.17) is 16.3 Å². The van der Waals surface area contributed by atoms with E-state index in [9.17, 15) is 15.0 Å². The topological polar surface area (TPSA) is 79.7 Å². The van der Waals surface area contributed by atoms with Crippen LogP contribution in [0.15, 0.2) is 78.4 Å². The molecule has 1 unspecified atom stereocenters. The van der Waals surface area contributed by atoms with E-state index in [-0.39, 0.29) is 11.1 Å². The van der Waals surface area contributed by atoms with E-state index in [1.807, 2.05) is 0 Å². The van der Waals surface area contributed by atoms with Gasteiger partial charge in [0.15, 0.2) is 5.76 Å². The number of pyridine rings is 1. The Bertz CT molecular complexity index is 1120. The summed E-state index contributed by atoms with van der Waals surface area (Å²) in [6, 6.07) is 15.5.